The second kappa shape index (κ2) is 9.27. The molecular formula is C21H25N3O5S. The van der Waals surface area contributed by atoms with Gasteiger partial charge >= 0.3 is 6.09 Å². The van der Waals surface area contributed by atoms with Crippen molar-refractivity contribution < 1.29 is 22.7 Å². The van der Waals surface area contributed by atoms with E-state index in [1.54, 1.807) is 62.4 Å². The lowest BCUT2D eigenvalue weighted by atomic mass is 10.1. The number of cyclic esters (lactones) is 1. The number of benzene rings is 2. The summed E-state index contributed by atoms with van der Waals surface area (Å²) in [5.74, 6) is -0.259. The van der Waals surface area contributed by atoms with Gasteiger partial charge in [0.15, 0.2) is 0 Å². The highest BCUT2D eigenvalue weighted by atomic mass is 32.2. The van der Waals surface area contributed by atoms with Crippen LogP contribution in [-0.2, 0) is 21.3 Å². The van der Waals surface area contributed by atoms with Gasteiger partial charge in [-0.25, -0.2) is 13.2 Å². The average molecular weight is 432 g/mol. The van der Waals surface area contributed by atoms with Crippen LogP contribution in [0.5, 0.6) is 0 Å². The lowest BCUT2D eigenvalue weighted by Crippen LogP contribution is -2.30. The van der Waals surface area contributed by atoms with Gasteiger partial charge in [-0.05, 0) is 42.0 Å². The van der Waals surface area contributed by atoms with E-state index in [9.17, 15) is 18.0 Å². The third kappa shape index (κ3) is 4.63. The maximum Gasteiger partial charge on any atom is 0.414 e. The maximum absolute atomic E-state index is 12.5. The molecule has 0 radical (unpaired) electrons. The highest BCUT2D eigenvalue weighted by Gasteiger charge is 2.23. The van der Waals surface area contributed by atoms with Crippen LogP contribution in [0.4, 0.5) is 10.5 Å². The van der Waals surface area contributed by atoms with Gasteiger partial charge in [-0.15, -0.1) is 0 Å². The maximum atomic E-state index is 12.5. The van der Waals surface area contributed by atoms with Crippen molar-refractivity contribution in [2.75, 3.05) is 31.1 Å². The first-order valence-corrected chi connectivity index (χ1v) is 11.2. The number of nitrogens with zero attached hydrogens (tertiary/aromatic N) is 2. The van der Waals surface area contributed by atoms with E-state index in [4.69, 9.17) is 4.74 Å². The van der Waals surface area contributed by atoms with Crippen molar-refractivity contribution in [3.8, 4) is 0 Å². The van der Waals surface area contributed by atoms with Crippen LogP contribution < -0.4 is 10.2 Å². The number of nitrogens with one attached hydrogen (secondary N) is 1. The first-order valence-electron chi connectivity index (χ1n) is 9.78. The summed E-state index contributed by atoms with van der Waals surface area (Å²) in [5.41, 5.74) is 1.93. The largest absolute Gasteiger partial charge is 0.447 e. The van der Waals surface area contributed by atoms with E-state index in [2.05, 4.69) is 5.32 Å². The van der Waals surface area contributed by atoms with Crippen molar-refractivity contribution in [2.24, 2.45) is 0 Å². The minimum atomic E-state index is -3.50. The molecule has 8 nitrogen and oxygen atoms in total. The van der Waals surface area contributed by atoms with Crippen LogP contribution in [0.15, 0.2) is 53.4 Å². The van der Waals surface area contributed by atoms with Gasteiger partial charge in [0.05, 0.1) is 11.4 Å². The topological polar surface area (TPSA) is 96.0 Å². The van der Waals surface area contributed by atoms with Crippen LogP contribution >= 0.6 is 0 Å². The Morgan fingerprint density at radius 3 is 2.23 bits per heavy atom. The predicted molar refractivity (Wildman–Crippen MR) is 113 cm³/mol. The summed E-state index contributed by atoms with van der Waals surface area (Å²) >= 11 is 0. The standard InChI is InChI=1S/C21H25N3O5S/c1-3-23(4-2)30(27,28)19-11-5-16(6-12-19)15-22-20(25)17-7-9-18(10-8-17)24-13-14-29-21(24)26/h5-12H,3-4,13-15H2,1-2H3,(H,22,25). The highest BCUT2D eigenvalue weighted by Crippen LogP contribution is 2.19. The minimum Gasteiger partial charge on any atom is -0.447 e. The zero-order valence-corrected chi connectivity index (χ0v) is 17.8. The number of amides is 2. The number of hydrogen-bond acceptors (Lipinski definition) is 5. The Balaban J connectivity index is 1.60. The number of carbonyl (C=O) groups excluding carboxylic acids is 2. The molecule has 0 unspecified atom stereocenters. The highest BCUT2D eigenvalue weighted by molar-refractivity contribution is 7.89. The third-order valence-electron chi connectivity index (χ3n) is 4.92. The lowest BCUT2D eigenvalue weighted by Gasteiger charge is -2.18. The van der Waals surface area contributed by atoms with Gasteiger partial charge < -0.3 is 10.1 Å². The summed E-state index contributed by atoms with van der Waals surface area (Å²) < 4.78 is 31.4. The van der Waals surface area contributed by atoms with Crippen LogP contribution in [0.3, 0.4) is 0 Å². The molecule has 1 heterocycles. The van der Waals surface area contributed by atoms with E-state index < -0.39 is 16.1 Å². The first-order chi connectivity index (χ1) is 14.4. The molecule has 30 heavy (non-hydrogen) atoms. The van der Waals surface area contributed by atoms with Gasteiger partial charge in [-0.1, -0.05) is 26.0 Å². The van der Waals surface area contributed by atoms with Crippen molar-refractivity contribution >= 4 is 27.7 Å². The van der Waals surface area contributed by atoms with Gasteiger partial charge in [-0.3, -0.25) is 9.69 Å². The Labute approximate surface area is 176 Å². The summed E-state index contributed by atoms with van der Waals surface area (Å²) in [5, 5.41) is 2.81. The summed E-state index contributed by atoms with van der Waals surface area (Å²) in [6.45, 7) is 5.54. The zero-order valence-electron chi connectivity index (χ0n) is 17.0. The van der Waals surface area contributed by atoms with E-state index in [-0.39, 0.29) is 17.3 Å². The van der Waals surface area contributed by atoms with Crippen LogP contribution in [0, 0.1) is 0 Å². The summed E-state index contributed by atoms with van der Waals surface area (Å²) in [6, 6.07) is 13.2. The molecule has 0 aliphatic carbocycles. The van der Waals surface area contributed by atoms with Gasteiger partial charge in [0.25, 0.3) is 5.91 Å². The lowest BCUT2D eigenvalue weighted by molar-refractivity contribution is 0.0951. The third-order valence-corrected chi connectivity index (χ3v) is 6.99. The Kier molecular flexibility index (Phi) is 6.73. The first kappa shape index (κ1) is 21.8. The molecule has 2 aromatic rings. The molecule has 0 aromatic heterocycles. The fraction of sp³-hybridized carbons (Fsp3) is 0.333. The molecule has 0 spiro atoms. The van der Waals surface area contributed by atoms with E-state index >= 15 is 0 Å². The van der Waals surface area contributed by atoms with Crippen LogP contribution in [-0.4, -0.2) is 51.0 Å². The van der Waals surface area contributed by atoms with Gasteiger partial charge in [0.2, 0.25) is 10.0 Å². The molecule has 0 bridgehead atoms. The molecule has 1 fully saturated rings. The molecule has 160 valence electrons. The van der Waals surface area contributed by atoms with Crippen molar-refractivity contribution in [3.05, 3.63) is 59.7 Å². The molecule has 2 aromatic carbocycles. The number of ether oxygens (including phenoxy) is 1. The van der Waals surface area contributed by atoms with Crippen molar-refractivity contribution in [1.82, 2.24) is 9.62 Å². The van der Waals surface area contributed by atoms with Gasteiger partial charge in [0, 0.05) is 30.9 Å². The monoisotopic (exact) mass is 431 g/mol. The average Bonchev–Trinajstić information content (AvgIpc) is 3.19. The molecule has 2 amide bonds. The quantitative estimate of drug-likeness (QED) is 0.693. The normalized spacial score (nSPS) is 14.1. The van der Waals surface area contributed by atoms with Gasteiger partial charge in [-0.2, -0.15) is 4.31 Å². The number of hydrogen-bond donors (Lipinski definition) is 1. The minimum absolute atomic E-state index is 0.234. The molecule has 3 rings (SSSR count). The molecule has 1 aliphatic rings. The van der Waals surface area contributed by atoms with E-state index in [1.165, 1.54) is 9.21 Å². The fourth-order valence-electron chi connectivity index (χ4n) is 3.20. The van der Waals surface area contributed by atoms with Gasteiger partial charge in [0.1, 0.15) is 6.61 Å². The molecule has 0 saturated carbocycles. The van der Waals surface area contributed by atoms with E-state index in [1.807, 2.05) is 0 Å². The van der Waals surface area contributed by atoms with Crippen molar-refractivity contribution in [3.63, 3.8) is 0 Å². The van der Waals surface area contributed by atoms with Crippen LogP contribution in [0.1, 0.15) is 29.8 Å². The molecule has 0 atom stereocenters. The molecule has 1 saturated heterocycles. The van der Waals surface area contributed by atoms with E-state index in [0.29, 0.717) is 37.5 Å². The number of carbonyl (C=O) groups is 2. The summed E-state index contributed by atoms with van der Waals surface area (Å²) in [7, 11) is -3.50. The SMILES string of the molecule is CCN(CC)S(=O)(=O)c1ccc(CNC(=O)c2ccc(N3CCOC3=O)cc2)cc1. The van der Waals surface area contributed by atoms with Crippen molar-refractivity contribution in [2.45, 2.75) is 25.3 Å². The number of rotatable bonds is 8. The second-order valence-electron chi connectivity index (χ2n) is 6.73. The number of sulfonamides is 1. The molecule has 9 heteroatoms. The Bertz CT molecular complexity index is 1000. The Morgan fingerprint density at radius 2 is 1.70 bits per heavy atom. The fourth-order valence-corrected chi connectivity index (χ4v) is 4.65. The Hall–Kier alpha value is -2.91. The van der Waals surface area contributed by atoms with E-state index in [0.717, 1.165) is 5.56 Å². The van der Waals surface area contributed by atoms with Crippen LogP contribution in [0.25, 0.3) is 0 Å². The Morgan fingerprint density at radius 1 is 1.07 bits per heavy atom. The zero-order chi connectivity index (χ0) is 21.7. The molecule has 1 N–H and O–H groups in total. The summed E-state index contributed by atoms with van der Waals surface area (Å²) in [6.07, 6.45) is -0.390. The van der Waals surface area contributed by atoms with Crippen molar-refractivity contribution in [1.29, 1.82) is 0 Å². The second-order valence-corrected chi connectivity index (χ2v) is 8.67. The number of anilines is 1. The predicted octanol–water partition coefficient (Wildman–Crippen LogP) is 2.60. The van der Waals surface area contributed by atoms with Crippen LogP contribution in [0.2, 0.25) is 0 Å². The summed E-state index contributed by atoms with van der Waals surface area (Å²) in [4.78, 5) is 25.7. The molecular weight excluding hydrogens is 406 g/mol. The smallest absolute Gasteiger partial charge is 0.414 e. The molecule has 1 aliphatic heterocycles.